The van der Waals surface area contributed by atoms with Crippen LogP contribution in [0.1, 0.15) is 6.92 Å². The summed E-state index contributed by atoms with van der Waals surface area (Å²) in [6, 6.07) is 4.15. The van der Waals surface area contributed by atoms with Gasteiger partial charge in [-0.15, -0.1) is 0 Å². The Kier molecular flexibility index (Phi) is 4.13. The fourth-order valence-corrected chi connectivity index (χ4v) is 1.26. The Morgan fingerprint density at radius 3 is 2.62 bits per heavy atom. The van der Waals surface area contributed by atoms with Crippen molar-refractivity contribution in [2.45, 2.75) is 6.92 Å². The monoisotopic (exact) mass is 242 g/mol. The summed E-state index contributed by atoms with van der Waals surface area (Å²) in [6.07, 6.45) is 0. The van der Waals surface area contributed by atoms with E-state index in [2.05, 4.69) is 10.6 Å². The lowest BCUT2D eigenvalue weighted by Crippen LogP contribution is -2.32. The number of urea groups is 1. The van der Waals surface area contributed by atoms with Crippen molar-refractivity contribution in [1.82, 2.24) is 5.32 Å². The first-order valence-electron chi connectivity index (χ1n) is 4.45. The molecule has 0 aliphatic rings. The van der Waals surface area contributed by atoms with Crippen LogP contribution in [0.3, 0.4) is 0 Å². The van der Waals surface area contributed by atoms with E-state index in [-0.39, 0.29) is 0 Å². The first kappa shape index (κ1) is 12.3. The number of methoxy groups -OCH3 is 1. The molecule has 2 N–H and O–H groups in total. The van der Waals surface area contributed by atoms with Gasteiger partial charge in [-0.1, -0.05) is 11.6 Å². The molecule has 16 heavy (non-hydrogen) atoms. The van der Waals surface area contributed by atoms with Crippen LogP contribution in [0, 0.1) is 0 Å². The van der Waals surface area contributed by atoms with E-state index in [0.29, 0.717) is 16.5 Å². The number of hydrogen-bond donors (Lipinski definition) is 2. The predicted molar refractivity (Wildman–Crippen MR) is 60.8 cm³/mol. The van der Waals surface area contributed by atoms with Crippen LogP contribution in [-0.2, 0) is 4.79 Å². The van der Waals surface area contributed by atoms with E-state index >= 15 is 0 Å². The Labute approximate surface area is 97.7 Å². The summed E-state index contributed by atoms with van der Waals surface area (Å²) in [5, 5.41) is 4.99. The maximum absolute atomic E-state index is 11.3. The number of nitrogens with one attached hydrogen (secondary N) is 2. The smallest absolute Gasteiger partial charge is 0.325 e. The summed E-state index contributed by atoms with van der Waals surface area (Å²) in [6.45, 7) is 1.24. The lowest BCUT2D eigenvalue weighted by atomic mass is 10.3. The number of carbonyl (C=O) groups is 2. The van der Waals surface area contributed by atoms with Gasteiger partial charge in [0, 0.05) is 11.9 Å². The van der Waals surface area contributed by atoms with Crippen molar-refractivity contribution in [3.8, 4) is 5.75 Å². The molecule has 0 aromatic heterocycles. The van der Waals surface area contributed by atoms with Crippen LogP contribution in [0.2, 0.25) is 5.02 Å². The van der Waals surface area contributed by atoms with Crippen LogP contribution < -0.4 is 15.4 Å². The van der Waals surface area contributed by atoms with Crippen LogP contribution in [0.25, 0.3) is 0 Å². The Morgan fingerprint density at radius 1 is 1.38 bits per heavy atom. The predicted octanol–water partition coefficient (Wildman–Crippen LogP) is 2.02. The normalized spacial score (nSPS) is 9.44. The van der Waals surface area contributed by atoms with Gasteiger partial charge >= 0.3 is 6.03 Å². The van der Waals surface area contributed by atoms with Crippen molar-refractivity contribution in [2.24, 2.45) is 0 Å². The minimum absolute atomic E-state index is 0.397. The van der Waals surface area contributed by atoms with Crippen molar-refractivity contribution in [1.29, 1.82) is 0 Å². The Morgan fingerprint density at radius 2 is 2.06 bits per heavy atom. The maximum Gasteiger partial charge on any atom is 0.325 e. The first-order valence-corrected chi connectivity index (χ1v) is 4.83. The summed E-state index contributed by atoms with van der Waals surface area (Å²) in [7, 11) is 1.47. The molecule has 3 amide bonds. The Balaban J connectivity index is 2.83. The number of rotatable bonds is 2. The topological polar surface area (TPSA) is 67.4 Å². The highest BCUT2D eigenvalue weighted by atomic mass is 35.5. The van der Waals surface area contributed by atoms with Crippen LogP contribution in [-0.4, -0.2) is 19.0 Å². The third-order valence-electron chi connectivity index (χ3n) is 1.70. The second kappa shape index (κ2) is 5.37. The summed E-state index contributed by atoms with van der Waals surface area (Å²) in [5.41, 5.74) is 0.397. The molecule has 0 saturated heterocycles. The number of halogens is 1. The van der Waals surface area contributed by atoms with Gasteiger partial charge in [0.05, 0.1) is 12.8 Å². The largest absolute Gasteiger partial charge is 0.495 e. The number of ether oxygens (including phenoxy) is 1. The van der Waals surface area contributed by atoms with Crippen molar-refractivity contribution in [3.63, 3.8) is 0 Å². The molecule has 1 aromatic rings. The number of carbonyl (C=O) groups excluding carboxylic acids is 2. The Hall–Kier alpha value is -1.75. The molecular weight excluding hydrogens is 232 g/mol. The maximum atomic E-state index is 11.3. The number of hydrogen-bond acceptors (Lipinski definition) is 3. The SMILES string of the molecule is COc1ccc(Cl)cc1NC(=O)NC(C)=O. The van der Waals surface area contributed by atoms with Gasteiger partial charge in [-0.25, -0.2) is 4.79 Å². The summed E-state index contributed by atoms with van der Waals surface area (Å²) in [4.78, 5) is 21.9. The van der Waals surface area contributed by atoms with Gasteiger partial charge in [0.1, 0.15) is 5.75 Å². The van der Waals surface area contributed by atoms with E-state index in [1.165, 1.54) is 20.1 Å². The molecular formula is C10H11ClN2O3. The van der Waals surface area contributed by atoms with Crippen LogP contribution in [0.15, 0.2) is 18.2 Å². The zero-order valence-corrected chi connectivity index (χ0v) is 9.59. The molecule has 0 heterocycles. The molecule has 1 aromatic carbocycles. The molecule has 0 aliphatic carbocycles. The molecule has 86 valence electrons. The molecule has 0 saturated carbocycles. The molecule has 0 unspecified atom stereocenters. The van der Waals surface area contributed by atoms with E-state index in [0.717, 1.165) is 0 Å². The number of amides is 3. The van der Waals surface area contributed by atoms with Gasteiger partial charge in [-0.3, -0.25) is 10.1 Å². The third-order valence-corrected chi connectivity index (χ3v) is 1.93. The van der Waals surface area contributed by atoms with Crippen LogP contribution >= 0.6 is 11.6 Å². The fourth-order valence-electron chi connectivity index (χ4n) is 1.09. The zero-order valence-electron chi connectivity index (χ0n) is 8.83. The quantitative estimate of drug-likeness (QED) is 0.834. The van der Waals surface area contributed by atoms with Gasteiger partial charge in [-0.2, -0.15) is 0 Å². The number of imide groups is 1. The number of anilines is 1. The summed E-state index contributed by atoms with van der Waals surface area (Å²) < 4.78 is 5.02. The van der Waals surface area contributed by atoms with E-state index in [4.69, 9.17) is 16.3 Å². The van der Waals surface area contributed by atoms with Crippen LogP contribution in [0.4, 0.5) is 10.5 Å². The average molecular weight is 243 g/mol. The van der Waals surface area contributed by atoms with E-state index in [1.54, 1.807) is 12.1 Å². The second-order valence-corrected chi connectivity index (χ2v) is 3.42. The molecule has 0 atom stereocenters. The van der Waals surface area contributed by atoms with Gasteiger partial charge in [0.2, 0.25) is 5.91 Å². The van der Waals surface area contributed by atoms with Crippen molar-refractivity contribution >= 4 is 29.2 Å². The highest BCUT2D eigenvalue weighted by molar-refractivity contribution is 6.31. The van der Waals surface area contributed by atoms with Gasteiger partial charge in [0.25, 0.3) is 0 Å². The van der Waals surface area contributed by atoms with E-state index in [1.807, 2.05) is 0 Å². The molecule has 5 nitrogen and oxygen atoms in total. The molecule has 0 fully saturated rings. The molecule has 6 heteroatoms. The van der Waals surface area contributed by atoms with Gasteiger partial charge in [0.15, 0.2) is 0 Å². The minimum atomic E-state index is -0.631. The van der Waals surface area contributed by atoms with E-state index in [9.17, 15) is 9.59 Å². The highest BCUT2D eigenvalue weighted by Crippen LogP contribution is 2.27. The third kappa shape index (κ3) is 3.43. The second-order valence-electron chi connectivity index (χ2n) is 2.98. The van der Waals surface area contributed by atoms with Gasteiger partial charge < -0.3 is 10.1 Å². The minimum Gasteiger partial charge on any atom is -0.495 e. The first-order chi connectivity index (χ1) is 7.52. The molecule has 0 spiro atoms. The van der Waals surface area contributed by atoms with E-state index < -0.39 is 11.9 Å². The zero-order chi connectivity index (χ0) is 12.1. The standard InChI is InChI=1S/C10H11ClN2O3/c1-6(14)12-10(15)13-8-5-7(11)3-4-9(8)16-2/h3-5H,1-2H3,(H2,12,13,14,15). The van der Waals surface area contributed by atoms with Crippen molar-refractivity contribution in [2.75, 3.05) is 12.4 Å². The van der Waals surface area contributed by atoms with Crippen molar-refractivity contribution in [3.05, 3.63) is 23.2 Å². The Bertz CT molecular complexity index is 421. The van der Waals surface area contributed by atoms with Crippen molar-refractivity contribution < 1.29 is 14.3 Å². The molecule has 0 radical (unpaired) electrons. The summed E-state index contributed by atoms with van der Waals surface area (Å²) >= 11 is 5.77. The lowest BCUT2D eigenvalue weighted by molar-refractivity contribution is -0.117. The lowest BCUT2D eigenvalue weighted by Gasteiger charge is -2.10. The molecule has 0 bridgehead atoms. The fraction of sp³-hybridized carbons (Fsp3) is 0.200. The molecule has 1 rings (SSSR count). The van der Waals surface area contributed by atoms with Gasteiger partial charge in [-0.05, 0) is 18.2 Å². The van der Waals surface area contributed by atoms with Crippen LogP contribution in [0.5, 0.6) is 5.75 Å². The number of benzene rings is 1. The molecule has 0 aliphatic heterocycles. The average Bonchev–Trinajstić information content (AvgIpc) is 2.16. The highest BCUT2D eigenvalue weighted by Gasteiger charge is 2.08. The summed E-state index contributed by atoms with van der Waals surface area (Å²) in [5.74, 6) is 0.0154.